The van der Waals surface area contributed by atoms with E-state index in [0.717, 1.165) is 25.9 Å². The van der Waals surface area contributed by atoms with Crippen molar-refractivity contribution >= 4 is 5.91 Å². The normalized spacial score (nSPS) is 29.2. The molecule has 1 atom stereocenters. The van der Waals surface area contributed by atoms with E-state index in [4.69, 9.17) is 5.73 Å². The number of primary amides is 1. The first-order valence-electron chi connectivity index (χ1n) is 5.97. The first kappa shape index (κ1) is 10.7. The minimum Gasteiger partial charge on any atom is -0.369 e. The molecule has 1 amide bonds. The first-order valence-corrected chi connectivity index (χ1v) is 5.97. The van der Waals surface area contributed by atoms with Gasteiger partial charge in [-0.3, -0.25) is 9.69 Å². The van der Waals surface area contributed by atoms with E-state index >= 15 is 0 Å². The Kier molecular flexibility index (Phi) is 3.41. The fraction of sp³-hybridized carbons (Fsp3) is 0.750. The molecule has 2 rings (SSSR count). The van der Waals surface area contributed by atoms with Crippen molar-refractivity contribution in [3.05, 3.63) is 12.2 Å². The number of likely N-dealkylation sites (tertiary alicyclic amines) is 1. The average molecular weight is 208 g/mol. The summed E-state index contributed by atoms with van der Waals surface area (Å²) >= 11 is 0. The quantitative estimate of drug-likeness (QED) is 0.695. The predicted octanol–water partition coefficient (Wildman–Crippen LogP) is 1.29. The molecule has 0 aromatic heterocycles. The van der Waals surface area contributed by atoms with Crippen LogP contribution in [-0.4, -0.2) is 29.9 Å². The van der Waals surface area contributed by atoms with Crippen LogP contribution < -0.4 is 5.73 Å². The van der Waals surface area contributed by atoms with Gasteiger partial charge in [0.15, 0.2) is 0 Å². The Morgan fingerprint density at radius 3 is 2.53 bits per heavy atom. The van der Waals surface area contributed by atoms with Crippen molar-refractivity contribution in [1.82, 2.24) is 4.90 Å². The second-order valence-electron chi connectivity index (χ2n) is 4.64. The van der Waals surface area contributed by atoms with Gasteiger partial charge in [0.2, 0.25) is 5.91 Å². The third-order valence-electron chi connectivity index (χ3n) is 3.63. The number of carbonyl (C=O) groups is 1. The number of rotatable bonds is 2. The Balaban J connectivity index is 1.84. The second-order valence-corrected chi connectivity index (χ2v) is 4.64. The smallest absolute Gasteiger partial charge is 0.220 e. The van der Waals surface area contributed by atoms with Crippen molar-refractivity contribution in [2.45, 2.75) is 38.1 Å². The van der Waals surface area contributed by atoms with Gasteiger partial charge in [0.25, 0.3) is 0 Å². The fourth-order valence-electron chi connectivity index (χ4n) is 2.61. The van der Waals surface area contributed by atoms with Gasteiger partial charge in [-0.25, -0.2) is 0 Å². The topological polar surface area (TPSA) is 46.3 Å². The summed E-state index contributed by atoms with van der Waals surface area (Å²) in [5, 5.41) is 0. The average Bonchev–Trinajstić information content (AvgIpc) is 2.30. The molecule has 1 unspecified atom stereocenters. The van der Waals surface area contributed by atoms with Gasteiger partial charge in [-0.05, 0) is 45.2 Å². The highest BCUT2D eigenvalue weighted by Crippen LogP contribution is 2.23. The summed E-state index contributed by atoms with van der Waals surface area (Å²) < 4.78 is 0. The maximum Gasteiger partial charge on any atom is 0.220 e. The second kappa shape index (κ2) is 4.79. The van der Waals surface area contributed by atoms with E-state index in [0.29, 0.717) is 6.04 Å². The van der Waals surface area contributed by atoms with Gasteiger partial charge >= 0.3 is 0 Å². The van der Waals surface area contributed by atoms with Gasteiger partial charge in [0.1, 0.15) is 0 Å². The molecular formula is C12H20N2O. The number of allylic oxidation sites excluding steroid dienone is 1. The van der Waals surface area contributed by atoms with Crippen molar-refractivity contribution in [3.63, 3.8) is 0 Å². The van der Waals surface area contributed by atoms with Crippen LogP contribution in [0.4, 0.5) is 0 Å². The first-order chi connectivity index (χ1) is 7.27. The Morgan fingerprint density at radius 2 is 2.00 bits per heavy atom. The lowest BCUT2D eigenvalue weighted by molar-refractivity contribution is -0.123. The summed E-state index contributed by atoms with van der Waals surface area (Å²) in [6.07, 6.45) is 10.3. The molecule has 3 heteroatoms. The van der Waals surface area contributed by atoms with Crippen molar-refractivity contribution in [1.29, 1.82) is 0 Å². The third-order valence-corrected chi connectivity index (χ3v) is 3.63. The van der Waals surface area contributed by atoms with E-state index < -0.39 is 0 Å². The molecule has 0 bridgehead atoms. The number of amides is 1. The molecule has 2 aliphatic rings. The number of nitrogens with two attached hydrogens (primary N) is 1. The van der Waals surface area contributed by atoms with Crippen molar-refractivity contribution in [2.24, 2.45) is 11.7 Å². The van der Waals surface area contributed by atoms with E-state index in [-0.39, 0.29) is 11.8 Å². The monoisotopic (exact) mass is 208 g/mol. The molecule has 0 radical (unpaired) electrons. The summed E-state index contributed by atoms with van der Waals surface area (Å²) in [4.78, 5) is 13.5. The zero-order valence-corrected chi connectivity index (χ0v) is 9.19. The van der Waals surface area contributed by atoms with Crippen LogP contribution in [-0.2, 0) is 4.79 Å². The highest BCUT2D eigenvalue weighted by molar-refractivity contribution is 5.76. The minimum atomic E-state index is -0.117. The number of nitrogens with zero attached hydrogens (tertiary/aromatic N) is 1. The van der Waals surface area contributed by atoms with Crippen LogP contribution in [0.5, 0.6) is 0 Å². The molecular weight excluding hydrogens is 188 g/mol. The molecule has 1 heterocycles. The highest BCUT2D eigenvalue weighted by atomic mass is 16.1. The van der Waals surface area contributed by atoms with E-state index in [2.05, 4.69) is 17.1 Å². The fourth-order valence-corrected chi connectivity index (χ4v) is 2.61. The summed E-state index contributed by atoms with van der Waals surface area (Å²) in [5.74, 6) is 0.00246. The van der Waals surface area contributed by atoms with Crippen molar-refractivity contribution < 1.29 is 4.79 Å². The molecule has 0 aromatic rings. The lowest BCUT2D eigenvalue weighted by Crippen LogP contribution is -2.43. The van der Waals surface area contributed by atoms with Crippen LogP contribution in [0.2, 0.25) is 0 Å². The third kappa shape index (κ3) is 2.59. The maximum absolute atomic E-state index is 11.0. The molecule has 0 aromatic carbocycles. The molecule has 1 saturated heterocycles. The lowest BCUT2D eigenvalue weighted by atomic mass is 9.93. The Labute approximate surface area is 91.3 Å². The Morgan fingerprint density at radius 1 is 1.27 bits per heavy atom. The molecule has 1 aliphatic heterocycles. The number of hydrogen-bond donors (Lipinski definition) is 1. The van der Waals surface area contributed by atoms with Gasteiger partial charge in [-0.2, -0.15) is 0 Å². The van der Waals surface area contributed by atoms with Crippen LogP contribution >= 0.6 is 0 Å². The van der Waals surface area contributed by atoms with Crippen molar-refractivity contribution in [3.8, 4) is 0 Å². The summed E-state index contributed by atoms with van der Waals surface area (Å²) in [5.41, 5.74) is 5.32. The molecule has 84 valence electrons. The molecule has 3 nitrogen and oxygen atoms in total. The molecule has 1 aliphatic carbocycles. The highest BCUT2D eigenvalue weighted by Gasteiger charge is 2.26. The van der Waals surface area contributed by atoms with Gasteiger partial charge in [-0.1, -0.05) is 12.2 Å². The van der Waals surface area contributed by atoms with Crippen LogP contribution in [0, 0.1) is 5.92 Å². The number of piperidine rings is 1. The van der Waals surface area contributed by atoms with E-state index in [1.165, 1.54) is 19.3 Å². The molecule has 2 N–H and O–H groups in total. The van der Waals surface area contributed by atoms with Gasteiger partial charge in [-0.15, -0.1) is 0 Å². The van der Waals surface area contributed by atoms with E-state index in [9.17, 15) is 4.79 Å². The minimum absolute atomic E-state index is 0.117. The van der Waals surface area contributed by atoms with Crippen LogP contribution in [0.15, 0.2) is 12.2 Å². The maximum atomic E-state index is 11.0. The molecule has 15 heavy (non-hydrogen) atoms. The summed E-state index contributed by atoms with van der Waals surface area (Å²) in [6.45, 7) is 2.06. The van der Waals surface area contributed by atoms with Gasteiger partial charge in [0.05, 0.1) is 0 Å². The number of hydrogen-bond acceptors (Lipinski definition) is 2. The standard InChI is InChI=1S/C12H20N2O/c13-12(15)10-6-8-14(9-7-10)11-4-2-1-3-5-11/h2,4,10-11H,1,3,5-9H2,(H2,13,15). The lowest BCUT2D eigenvalue weighted by Gasteiger charge is -2.36. The van der Waals surface area contributed by atoms with Crippen molar-refractivity contribution in [2.75, 3.05) is 13.1 Å². The Bertz CT molecular complexity index is 254. The number of carbonyl (C=O) groups excluding carboxylic acids is 1. The zero-order chi connectivity index (χ0) is 10.7. The van der Waals surface area contributed by atoms with Crippen LogP contribution in [0.3, 0.4) is 0 Å². The predicted molar refractivity (Wildman–Crippen MR) is 60.3 cm³/mol. The zero-order valence-electron chi connectivity index (χ0n) is 9.19. The summed E-state index contributed by atoms with van der Waals surface area (Å²) in [7, 11) is 0. The summed E-state index contributed by atoms with van der Waals surface area (Å²) in [6, 6.07) is 0.618. The molecule has 0 spiro atoms. The largest absolute Gasteiger partial charge is 0.369 e. The Hall–Kier alpha value is -0.830. The SMILES string of the molecule is NC(=O)C1CCN(C2C=CCCC2)CC1. The van der Waals surface area contributed by atoms with E-state index in [1.54, 1.807) is 0 Å². The van der Waals surface area contributed by atoms with Gasteiger partial charge < -0.3 is 5.73 Å². The van der Waals surface area contributed by atoms with E-state index in [1.807, 2.05) is 0 Å². The molecule has 0 saturated carbocycles. The van der Waals surface area contributed by atoms with Crippen LogP contribution in [0.25, 0.3) is 0 Å². The molecule has 1 fully saturated rings. The van der Waals surface area contributed by atoms with Crippen LogP contribution in [0.1, 0.15) is 32.1 Å². The van der Waals surface area contributed by atoms with Gasteiger partial charge in [0, 0.05) is 12.0 Å².